The fraction of sp³-hybridized carbons (Fsp3) is 0.412. The van der Waals surface area contributed by atoms with Crippen LogP contribution in [-0.2, 0) is 20.9 Å². The molecule has 1 amide bonds. The Morgan fingerprint density at radius 3 is 2.68 bits per heavy atom. The maximum absolute atomic E-state index is 12.4. The highest BCUT2D eigenvalue weighted by Gasteiger charge is 2.50. The maximum atomic E-state index is 12.4. The third-order valence-electron chi connectivity index (χ3n) is 4.10. The zero-order valence-corrected chi connectivity index (χ0v) is 12.5. The standard InChI is InChI=1S/C17H19NO4/c1-2-21-16(19)15-13-8-9-14(10-13)18(15)17(20)22-11-12-6-4-3-5-7-12/h3-9,13-15H,2,10-11H2,1H3. The summed E-state index contributed by atoms with van der Waals surface area (Å²) in [5, 5.41) is 0. The lowest BCUT2D eigenvalue weighted by molar-refractivity contribution is -0.149. The average Bonchev–Trinajstić information content (AvgIpc) is 3.14. The van der Waals surface area contributed by atoms with Crippen molar-refractivity contribution in [3.8, 4) is 0 Å². The Kier molecular flexibility index (Phi) is 4.13. The number of fused-ring (bicyclic) bond motifs is 2. The van der Waals surface area contributed by atoms with Crippen LogP contribution >= 0.6 is 0 Å². The van der Waals surface area contributed by atoms with Gasteiger partial charge in [-0.2, -0.15) is 0 Å². The van der Waals surface area contributed by atoms with Crippen LogP contribution in [0, 0.1) is 5.92 Å². The van der Waals surface area contributed by atoms with Crippen LogP contribution in [0.15, 0.2) is 42.5 Å². The number of ether oxygens (including phenoxy) is 2. The Morgan fingerprint density at radius 2 is 1.95 bits per heavy atom. The molecule has 116 valence electrons. The molecule has 2 bridgehead atoms. The van der Waals surface area contributed by atoms with E-state index >= 15 is 0 Å². The topological polar surface area (TPSA) is 55.8 Å². The summed E-state index contributed by atoms with van der Waals surface area (Å²) in [6.07, 6.45) is 4.26. The quantitative estimate of drug-likeness (QED) is 0.633. The van der Waals surface area contributed by atoms with E-state index in [2.05, 4.69) is 0 Å². The molecule has 1 aromatic carbocycles. The first-order valence-electron chi connectivity index (χ1n) is 7.54. The van der Waals surface area contributed by atoms with Gasteiger partial charge in [-0.3, -0.25) is 4.90 Å². The van der Waals surface area contributed by atoms with E-state index in [9.17, 15) is 9.59 Å². The number of hydrogen-bond acceptors (Lipinski definition) is 4. The Labute approximate surface area is 129 Å². The molecule has 1 heterocycles. The summed E-state index contributed by atoms with van der Waals surface area (Å²) < 4.78 is 10.5. The molecular weight excluding hydrogens is 282 g/mol. The SMILES string of the molecule is CCOC(=O)C1C2C=CC(C2)N1C(=O)OCc1ccccc1. The molecule has 0 radical (unpaired) electrons. The summed E-state index contributed by atoms with van der Waals surface area (Å²) in [5.41, 5.74) is 0.920. The minimum Gasteiger partial charge on any atom is -0.464 e. The maximum Gasteiger partial charge on any atom is 0.411 e. The van der Waals surface area contributed by atoms with Gasteiger partial charge in [-0.15, -0.1) is 0 Å². The fourth-order valence-corrected chi connectivity index (χ4v) is 3.12. The van der Waals surface area contributed by atoms with E-state index in [1.165, 1.54) is 4.90 Å². The second-order valence-electron chi connectivity index (χ2n) is 5.50. The summed E-state index contributed by atoms with van der Waals surface area (Å²) >= 11 is 0. The van der Waals surface area contributed by atoms with Crippen molar-refractivity contribution in [2.75, 3.05) is 6.61 Å². The van der Waals surface area contributed by atoms with E-state index in [-0.39, 0.29) is 24.5 Å². The molecule has 5 nitrogen and oxygen atoms in total. The summed E-state index contributed by atoms with van der Waals surface area (Å²) in [5.74, 6) is -0.315. The van der Waals surface area contributed by atoms with Crippen molar-refractivity contribution >= 4 is 12.1 Å². The molecule has 1 aliphatic carbocycles. The van der Waals surface area contributed by atoms with Crippen LogP contribution in [0.25, 0.3) is 0 Å². The van der Waals surface area contributed by atoms with Crippen molar-refractivity contribution < 1.29 is 19.1 Å². The fourth-order valence-electron chi connectivity index (χ4n) is 3.12. The number of benzene rings is 1. The molecule has 1 aromatic rings. The van der Waals surface area contributed by atoms with Crippen LogP contribution in [0.4, 0.5) is 4.79 Å². The molecule has 1 aliphatic heterocycles. The van der Waals surface area contributed by atoms with Crippen molar-refractivity contribution in [3.05, 3.63) is 48.0 Å². The summed E-state index contributed by atoms with van der Waals surface area (Å²) in [6, 6.07) is 8.86. The van der Waals surface area contributed by atoms with E-state index < -0.39 is 12.1 Å². The Morgan fingerprint density at radius 1 is 1.18 bits per heavy atom. The van der Waals surface area contributed by atoms with Gasteiger partial charge >= 0.3 is 12.1 Å². The van der Waals surface area contributed by atoms with Crippen LogP contribution in [0.5, 0.6) is 0 Å². The number of nitrogens with zero attached hydrogens (tertiary/aromatic N) is 1. The molecule has 0 aromatic heterocycles. The molecule has 2 aliphatic rings. The number of carbonyl (C=O) groups is 2. The molecule has 0 N–H and O–H groups in total. The number of likely N-dealkylation sites (tertiary alicyclic amines) is 1. The number of carbonyl (C=O) groups excluding carboxylic acids is 2. The second kappa shape index (κ2) is 6.22. The van der Waals surface area contributed by atoms with E-state index in [0.29, 0.717) is 6.61 Å². The van der Waals surface area contributed by atoms with Gasteiger partial charge in [-0.05, 0) is 18.9 Å². The third-order valence-corrected chi connectivity index (χ3v) is 4.10. The van der Waals surface area contributed by atoms with Gasteiger partial charge in [0.15, 0.2) is 0 Å². The van der Waals surface area contributed by atoms with Crippen molar-refractivity contribution in [3.63, 3.8) is 0 Å². The highest BCUT2D eigenvalue weighted by molar-refractivity contribution is 5.84. The molecule has 3 atom stereocenters. The van der Waals surface area contributed by atoms with Gasteiger partial charge < -0.3 is 9.47 Å². The molecular formula is C17H19NO4. The Balaban J connectivity index is 1.67. The van der Waals surface area contributed by atoms with Crippen molar-refractivity contribution in [2.24, 2.45) is 5.92 Å². The Hall–Kier alpha value is -2.30. The predicted molar refractivity (Wildman–Crippen MR) is 79.9 cm³/mol. The van der Waals surface area contributed by atoms with Gasteiger partial charge in [-0.1, -0.05) is 42.5 Å². The lowest BCUT2D eigenvalue weighted by atomic mass is 10.0. The zero-order valence-electron chi connectivity index (χ0n) is 12.5. The van der Waals surface area contributed by atoms with Gasteiger partial charge in [0.2, 0.25) is 0 Å². The van der Waals surface area contributed by atoms with Crippen LogP contribution in [-0.4, -0.2) is 35.7 Å². The number of esters is 1. The summed E-state index contributed by atoms with van der Waals surface area (Å²) in [7, 11) is 0. The normalized spacial score (nSPS) is 25.3. The molecule has 3 rings (SSSR count). The lowest BCUT2D eigenvalue weighted by Gasteiger charge is -2.30. The summed E-state index contributed by atoms with van der Waals surface area (Å²) in [4.78, 5) is 26.0. The molecule has 1 saturated heterocycles. The van der Waals surface area contributed by atoms with Gasteiger partial charge in [0.25, 0.3) is 0 Å². The Bertz CT molecular complexity index is 584. The lowest BCUT2D eigenvalue weighted by Crippen LogP contribution is -2.48. The van der Waals surface area contributed by atoms with E-state index in [1.54, 1.807) is 6.92 Å². The van der Waals surface area contributed by atoms with Crippen LogP contribution < -0.4 is 0 Å². The monoisotopic (exact) mass is 301 g/mol. The van der Waals surface area contributed by atoms with Gasteiger partial charge in [-0.25, -0.2) is 9.59 Å². The number of hydrogen-bond donors (Lipinski definition) is 0. The number of rotatable bonds is 4. The van der Waals surface area contributed by atoms with Gasteiger partial charge in [0.05, 0.1) is 12.6 Å². The molecule has 5 heteroatoms. The van der Waals surface area contributed by atoms with E-state index in [1.807, 2.05) is 42.5 Å². The zero-order chi connectivity index (χ0) is 15.5. The van der Waals surface area contributed by atoms with E-state index in [0.717, 1.165) is 12.0 Å². The van der Waals surface area contributed by atoms with Crippen molar-refractivity contribution in [1.29, 1.82) is 0 Å². The highest BCUT2D eigenvalue weighted by Crippen LogP contribution is 2.38. The first-order valence-corrected chi connectivity index (χ1v) is 7.54. The first kappa shape index (κ1) is 14.6. The minimum atomic E-state index is -0.557. The van der Waals surface area contributed by atoms with Crippen LogP contribution in [0.3, 0.4) is 0 Å². The first-order chi connectivity index (χ1) is 10.7. The van der Waals surface area contributed by atoms with Crippen molar-refractivity contribution in [1.82, 2.24) is 4.90 Å². The molecule has 3 unspecified atom stereocenters. The number of amides is 1. The van der Waals surface area contributed by atoms with Gasteiger partial charge in [0.1, 0.15) is 12.6 Å². The molecule has 0 saturated carbocycles. The average molecular weight is 301 g/mol. The predicted octanol–water partition coefficient (Wildman–Crippen LogP) is 2.52. The smallest absolute Gasteiger partial charge is 0.411 e. The molecule has 22 heavy (non-hydrogen) atoms. The van der Waals surface area contributed by atoms with Crippen molar-refractivity contribution in [2.45, 2.75) is 32.0 Å². The van der Waals surface area contributed by atoms with Gasteiger partial charge in [0, 0.05) is 5.92 Å². The van der Waals surface area contributed by atoms with E-state index in [4.69, 9.17) is 9.47 Å². The molecule has 0 spiro atoms. The second-order valence-corrected chi connectivity index (χ2v) is 5.50. The minimum absolute atomic E-state index is 0.0355. The molecule has 1 fully saturated rings. The summed E-state index contributed by atoms with van der Waals surface area (Å²) in [6.45, 7) is 2.27. The largest absolute Gasteiger partial charge is 0.464 e. The highest BCUT2D eigenvalue weighted by atomic mass is 16.6. The third kappa shape index (κ3) is 2.71. The van der Waals surface area contributed by atoms with Crippen LogP contribution in [0.2, 0.25) is 0 Å². The van der Waals surface area contributed by atoms with Crippen LogP contribution in [0.1, 0.15) is 18.9 Å².